The number of hydrogen-bond donors (Lipinski definition) is 1. The molecule has 10 heteroatoms. The van der Waals surface area contributed by atoms with Crippen LogP contribution in [0, 0.1) is 0 Å². The fourth-order valence-electron chi connectivity index (χ4n) is 5.45. The van der Waals surface area contributed by atoms with Gasteiger partial charge in [0.15, 0.2) is 11.4 Å². The van der Waals surface area contributed by atoms with Gasteiger partial charge in [-0.25, -0.2) is 19.3 Å². The average Bonchev–Trinajstić information content (AvgIpc) is 3.46. The van der Waals surface area contributed by atoms with Gasteiger partial charge >= 0.3 is 11.9 Å². The fraction of sp³-hybridized carbons (Fsp3) is 0.552. The Morgan fingerprint density at radius 1 is 0.872 bits per heavy atom. The third-order valence-corrected chi connectivity index (χ3v) is 7.41. The third-order valence-electron chi connectivity index (χ3n) is 7.41. The number of carbonyl (C=O) groups excluding carboxylic acids is 3. The maximum Gasteiger partial charge on any atom is 0.359 e. The highest BCUT2D eigenvalue weighted by molar-refractivity contribution is 6.51. The summed E-state index contributed by atoms with van der Waals surface area (Å²) < 4.78 is 11.8. The zero-order chi connectivity index (χ0) is 27.8. The molecule has 0 atom stereocenters. The molecule has 2 heterocycles. The van der Waals surface area contributed by atoms with Crippen LogP contribution in [0.1, 0.15) is 100 Å². The molecule has 2 saturated carbocycles. The number of hydrazone groups is 1. The molecule has 1 aromatic rings. The van der Waals surface area contributed by atoms with E-state index in [4.69, 9.17) is 9.47 Å². The first-order valence-corrected chi connectivity index (χ1v) is 14.1. The van der Waals surface area contributed by atoms with Crippen LogP contribution in [0.2, 0.25) is 0 Å². The van der Waals surface area contributed by atoms with E-state index in [0.29, 0.717) is 0 Å². The molecule has 1 aliphatic heterocycles. The summed E-state index contributed by atoms with van der Waals surface area (Å²) in [5.41, 5.74) is 0.273. The minimum Gasteiger partial charge on any atom is -0.461 e. The molecule has 0 unspecified atom stereocenters. The number of amides is 1. The minimum absolute atomic E-state index is 0.00616. The summed E-state index contributed by atoms with van der Waals surface area (Å²) in [4.78, 5) is 51.5. The molecule has 0 saturated heterocycles. The summed E-state index contributed by atoms with van der Waals surface area (Å²) in [6, 6.07) is 0.00889. The first-order chi connectivity index (χ1) is 19.0. The second kappa shape index (κ2) is 13.4. The van der Waals surface area contributed by atoms with E-state index in [9.17, 15) is 19.2 Å². The van der Waals surface area contributed by atoms with Crippen LogP contribution in [0.3, 0.4) is 0 Å². The van der Waals surface area contributed by atoms with E-state index < -0.39 is 11.9 Å². The zero-order valence-corrected chi connectivity index (χ0v) is 22.8. The Kier molecular flexibility index (Phi) is 9.73. The number of allylic oxidation sites excluding steroid dienone is 4. The van der Waals surface area contributed by atoms with Crippen molar-refractivity contribution >= 4 is 29.6 Å². The van der Waals surface area contributed by atoms with E-state index in [1.165, 1.54) is 11.1 Å². The number of hydrogen-bond acceptors (Lipinski definition) is 7. The van der Waals surface area contributed by atoms with Crippen molar-refractivity contribution in [1.82, 2.24) is 14.8 Å². The van der Waals surface area contributed by atoms with Crippen LogP contribution in [0.4, 0.5) is 0 Å². The average molecular weight is 539 g/mol. The Balaban J connectivity index is 1.56. The third kappa shape index (κ3) is 6.49. The van der Waals surface area contributed by atoms with Crippen molar-refractivity contribution in [2.75, 3.05) is 13.2 Å². The monoisotopic (exact) mass is 538 g/mol. The van der Waals surface area contributed by atoms with Gasteiger partial charge in [0.2, 0.25) is 0 Å². The van der Waals surface area contributed by atoms with Crippen molar-refractivity contribution in [2.24, 2.45) is 5.10 Å². The van der Waals surface area contributed by atoms with Gasteiger partial charge in [-0.3, -0.25) is 14.7 Å². The summed E-state index contributed by atoms with van der Waals surface area (Å²) in [5.74, 6) is -1.53. The molecule has 10 nitrogen and oxygen atoms in total. The van der Waals surface area contributed by atoms with E-state index in [1.54, 1.807) is 42.8 Å². The molecule has 0 bridgehead atoms. The van der Waals surface area contributed by atoms with Crippen LogP contribution in [0.15, 0.2) is 39.8 Å². The lowest BCUT2D eigenvalue weighted by Gasteiger charge is -2.27. The van der Waals surface area contributed by atoms with Crippen molar-refractivity contribution in [3.63, 3.8) is 0 Å². The predicted octanol–water partition coefficient (Wildman–Crippen LogP) is 4.45. The first-order valence-electron chi connectivity index (χ1n) is 14.1. The largest absolute Gasteiger partial charge is 0.461 e. The van der Waals surface area contributed by atoms with Gasteiger partial charge in [0.05, 0.1) is 36.4 Å². The number of aromatic amines is 1. The number of carbonyl (C=O) groups is 3. The van der Waals surface area contributed by atoms with Gasteiger partial charge < -0.3 is 9.47 Å². The lowest BCUT2D eigenvalue weighted by atomic mass is 9.95. The molecular formula is C29H38N4O6. The molecule has 1 aromatic heterocycles. The highest BCUT2D eigenvalue weighted by atomic mass is 16.5. The molecule has 3 aliphatic rings. The van der Waals surface area contributed by atoms with Crippen LogP contribution < -0.4 is 5.56 Å². The van der Waals surface area contributed by atoms with Gasteiger partial charge in [-0.1, -0.05) is 56.8 Å². The Morgan fingerprint density at radius 2 is 1.49 bits per heavy atom. The number of esters is 2. The van der Waals surface area contributed by atoms with E-state index in [-0.39, 0.29) is 59.3 Å². The second-order valence-corrected chi connectivity index (χ2v) is 10.0. The lowest BCUT2D eigenvalue weighted by Crippen LogP contribution is -2.35. The molecule has 2 aliphatic carbocycles. The number of aromatic nitrogens is 2. The maximum absolute atomic E-state index is 13.2. The number of rotatable bonds is 9. The summed E-state index contributed by atoms with van der Waals surface area (Å²) in [6.07, 6.45) is 17.9. The Morgan fingerprint density at radius 3 is 2.13 bits per heavy atom. The number of nitrogens with one attached hydrogen (secondary N) is 1. The number of nitrogens with zero attached hydrogens (tertiary/aromatic N) is 3. The highest BCUT2D eigenvalue weighted by Gasteiger charge is 2.38. The molecule has 4 rings (SSSR count). The smallest absolute Gasteiger partial charge is 0.359 e. The van der Waals surface area contributed by atoms with Gasteiger partial charge in [0.25, 0.3) is 11.5 Å². The molecule has 0 spiro atoms. The summed E-state index contributed by atoms with van der Waals surface area (Å²) in [7, 11) is 0. The SMILES string of the molecule is CCOC(=O)C1=NN(C2CCCCC2)C(=O)C1=CC=CC=Cc1c(C(=O)OCC)[nH]n(C2CCCCC2)c1=O. The summed E-state index contributed by atoms with van der Waals surface area (Å²) in [5, 5.41) is 8.77. The van der Waals surface area contributed by atoms with Crippen LogP contribution in [0.5, 0.6) is 0 Å². The van der Waals surface area contributed by atoms with Crippen LogP contribution in [0.25, 0.3) is 6.08 Å². The van der Waals surface area contributed by atoms with Crippen molar-refractivity contribution in [2.45, 2.75) is 90.1 Å². The van der Waals surface area contributed by atoms with E-state index in [1.807, 2.05) is 0 Å². The molecule has 1 N–H and O–H groups in total. The Bertz CT molecular complexity index is 1240. The Hall–Kier alpha value is -3.69. The molecule has 1 amide bonds. The lowest BCUT2D eigenvalue weighted by molar-refractivity contribution is -0.135. The van der Waals surface area contributed by atoms with E-state index >= 15 is 0 Å². The predicted molar refractivity (Wildman–Crippen MR) is 147 cm³/mol. The normalized spacial score (nSPS) is 20.4. The van der Waals surface area contributed by atoms with Gasteiger partial charge in [0.1, 0.15) is 0 Å². The summed E-state index contributed by atoms with van der Waals surface area (Å²) >= 11 is 0. The quantitative estimate of drug-likeness (QED) is 0.282. The van der Waals surface area contributed by atoms with Gasteiger partial charge in [-0.15, -0.1) is 0 Å². The molecule has 39 heavy (non-hydrogen) atoms. The molecule has 0 aromatic carbocycles. The van der Waals surface area contributed by atoms with Crippen LogP contribution in [-0.2, 0) is 19.1 Å². The van der Waals surface area contributed by atoms with Gasteiger partial charge in [0, 0.05) is 0 Å². The topological polar surface area (TPSA) is 123 Å². The molecule has 0 radical (unpaired) electrons. The summed E-state index contributed by atoms with van der Waals surface area (Å²) in [6.45, 7) is 3.80. The fourth-order valence-corrected chi connectivity index (χ4v) is 5.45. The van der Waals surface area contributed by atoms with Crippen LogP contribution >= 0.6 is 0 Å². The van der Waals surface area contributed by atoms with Crippen molar-refractivity contribution < 1.29 is 23.9 Å². The Labute approximate surface area is 228 Å². The van der Waals surface area contributed by atoms with Crippen molar-refractivity contribution in [3.05, 3.63) is 51.5 Å². The van der Waals surface area contributed by atoms with Gasteiger partial charge in [-0.05, 0) is 51.7 Å². The number of H-pyrrole nitrogens is 1. The van der Waals surface area contributed by atoms with E-state index in [2.05, 4.69) is 10.2 Å². The zero-order valence-electron chi connectivity index (χ0n) is 22.8. The number of ether oxygens (including phenoxy) is 2. The van der Waals surface area contributed by atoms with E-state index in [0.717, 1.165) is 64.2 Å². The van der Waals surface area contributed by atoms with Crippen molar-refractivity contribution in [1.29, 1.82) is 0 Å². The molecule has 2 fully saturated rings. The standard InChI is InChI=1S/C29H38N4O6/c1-3-38-28(36)24-22(26(34)32(30-24)20-14-8-5-9-15-20)18-12-7-13-19-23-25(29(37)39-4-2)31-33(27(23)35)21-16-10-6-11-17-21/h7,12-13,18-21,30H,3-6,8-11,14-17H2,1-2H3. The highest BCUT2D eigenvalue weighted by Crippen LogP contribution is 2.29. The molecule has 210 valence electrons. The second-order valence-electron chi connectivity index (χ2n) is 10.0. The minimum atomic E-state index is -0.631. The van der Waals surface area contributed by atoms with Gasteiger partial charge in [-0.2, -0.15) is 5.10 Å². The van der Waals surface area contributed by atoms with Crippen LogP contribution in [-0.4, -0.2) is 57.6 Å². The molecular weight excluding hydrogens is 500 g/mol. The maximum atomic E-state index is 13.2. The van der Waals surface area contributed by atoms with Crippen molar-refractivity contribution in [3.8, 4) is 0 Å². The first kappa shape index (κ1) is 28.3.